The quantitative estimate of drug-likeness (QED) is 0.0953. The first kappa shape index (κ1) is 28.6. The maximum Gasteiger partial charge on any atom is 0.326 e. The highest BCUT2D eigenvalue weighted by Gasteiger charge is 2.30. The largest absolute Gasteiger partial charge is 0.480 e. The number of thiol groups is 1. The molecule has 0 aromatic heterocycles. The number of hydrogen-bond donors (Lipinski definition) is 8. The molecule has 4 amide bonds. The highest BCUT2D eigenvalue weighted by Crippen LogP contribution is 2.05. The number of primary amides is 1. The average molecular weight is 463 g/mol. The fourth-order valence-corrected chi connectivity index (χ4v) is 2.84. The summed E-state index contributed by atoms with van der Waals surface area (Å²) in [6.07, 6.45) is 0.920. The van der Waals surface area contributed by atoms with Crippen molar-refractivity contribution in [2.24, 2.45) is 23.1 Å². The van der Waals surface area contributed by atoms with E-state index in [2.05, 4.69) is 28.6 Å². The van der Waals surface area contributed by atoms with Gasteiger partial charge in [0.25, 0.3) is 0 Å². The molecule has 0 saturated heterocycles. The summed E-state index contributed by atoms with van der Waals surface area (Å²) in [7, 11) is 0. The molecule has 0 aliphatic heterocycles. The SMILES string of the molecule is CC(C)C(NC(=O)C(CS)NC(=O)C(CCCCN)NC(=O)C(N)CC(N)=O)C(=O)O. The molecule has 4 atom stereocenters. The zero-order chi connectivity index (χ0) is 24.1. The first-order valence-corrected chi connectivity index (χ1v) is 10.6. The van der Waals surface area contributed by atoms with Crippen molar-refractivity contribution >= 4 is 42.2 Å². The molecule has 0 spiro atoms. The van der Waals surface area contributed by atoms with Gasteiger partial charge in [-0.25, -0.2) is 4.79 Å². The number of aliphatic carboxylic acids is 1. The van der Waals surface area contributed by atoms with E-state index in [-0.39, 0.29) is 18.1 Å². The van der Waals surface area contributed by atoms with Crippen LogP contribution in [0.3, 0.4) is 0 Å². The molecule has 0 aromatic carbocycles. The second-order valence-electron chi connectivity index (χ2n) is 7.43. The standard InChI is InChI=1S/C18H34N6O6S/c1-9(2)14(18(29)30)24-17(28)12(8-31)23-16(27)11(5-3-4-6-19)22-15(26)10(20)7-13(21)25/h9-12,14,31H,3-8,19-20H2,1-2H3,(H2,21,25)(H,22,26)(H,23,27)(H,24,28)(H,29,30). The van der Waals surface area contributed by atoms with Crippen molar-refractivity contribution in [2.75, 3.05) is 12.3 Å². The second-order valence-corrected chi connectivity index (χ2v) is 7.80. The lowest BCUT2D eigenvalue weighted by Crippen LogP contribution is -2.58. The minimum atomic E-state index is -1.23. The van der Waals surface area contributed by atoms with Gasteiger partial charge in [-0.2, -0.15) is 12.6 Å². The van der Waals surface area contributed by atoms with E-state index in [4.69, 9.17) is 17.2 Å². The number of hydrogen-bond acceptors (Lipinski definition) is 8. The zero-order valence-corrected chi connectivity index (χ0v) is 18.7. The molecule has 4 unspecified atom stereocenters. The zero-order valence-electron chi connectivity index (χ0n) is 17.8. The van der Waals surface area contributed by atoms with Gasteiger partial charge < -0.3 is 38.3 Å². The minimum absolute atomic E-state index is 0.105. The van der Waals surface area contributed by atoms with Crippen LogP contribution in [-0.4, -0.2) is 71.2 Å². The van der Waals surface area contributed by atoms with Crippen molar-refractivity contribution < 1.29 is 29.1 Å². The number of carboxylic acids is 1. The lowest BCUT2D eigenvalue weighted by atomic mass is 10.0. The Hall–Kier alpha value is -2.38. The van der Waals surface area contributed by atoms with E-state index in [1.165, 1.54) is 0 Å². The summed E-state index contributed by atoms with van der Waals surface area (Å²) < 4.78 is 0. The van der Waals surface area contributed by atoms with Crippen molar-refractivity contribution in [3.05, 3.63) is 0 Å². The van der Waals surface area contributed by atoms with Crippen LogP contribution >= 0.6 is 12.6 Å². The topological polar surface area (TPSA) is 220 Å². The molecule has 0 aliphatic carbocycles. The van der Waals surface area contributed by atoms with Crippen molar-refractivity contribution in [3.63, 3.8) is 0 Å². The molecule has 10 N–H and O–H groups in total. The summed E-state index contributed by atoms with van der Waals surface area (Å²) in [6, 6.07) is -4.55. The fourth-order valence-electron chi connectivity index (χ4n) is 2.58. The molecule has 0 aliphatic rings. The molecule has 0 fully saturated rings. The van der Waals surface area contributed by atoms with Crippen molar-refractivity contribution in [2.45, 2.75) is 63.7 Å². The number of carbonyl (C=O) groups excluding carboxylic acids is 4. The van der Waals surface area contributed by atoms with Crippen LogP contribution in [0.4, 0.5) is 0 Å². The van der Waals surface area contributed by atoms with Crippen LogP contribution < -0.4 is 33.2 Å². The van der Waals surface area contributed by atoms with Gasteiger partial charge in [-0.1, -0.05) is 13.8 Å². The Balaban J connectivity index is 5.25. The summed E-state index contributed by atoms with van der Waals surface area (Å²) >= 11 is 4.05. The van der Waals surface area contributed by atoms with Crippen molar-refractivity contribution in [1.82, 2.24) is 16.0 Å². The van der Waals surface area contributed by atoms with E-state index < -0.39 is 60.2 Å². The minimum Gasteiger partial charge on any atom is -0.480 e. The first-order valence-electron chi connectivity index (χ1n) is 9.93. The number of nitrogens with one attached hydrogen (secondary N) is 3. The summed E-state index contributed by atoms with van der Waals surface area (Å²) in [4.78, 5) is 59.6. The van der Waals surface area contributed by atoms with E-state index in [9.17, 15) is 29.1 Å². The Morgan fingerprint density at radius 1 is 0.935 bits per heavy atom. The second kappa shape index (κ2) is 14.6. The Morgan fingerprint density at radius 2 is 1.48 bits per heavy atom. The van der Waals surface area contributed by atoms with Crippen LogP contribution in [0.25, 0.3) is 0 Å². The summed E-state index contributed by atoms with van der Waals surface area (Å²) in [5.41, 5.74) is 16.1. The Morgan fingerprint density at radius 3 is 1.94 bits per heavy atom. The molecule has 13 heteroatoms. The summed E-state index contributed by atoms with van der Waals surface area (Å²) in [5, 5.41) is 16.5. The highest BCUT2D eigenvalue weighted by atomic mass is 32.1. The normalized spacial score (nSPS) is 14.8. The third-order valence-corrected chi connectivity index (χ3v) is 4.75. The van der Waals surface area contributed by atoms with Gasteiger partial charge in [-0.05, 0) is 31.7 Å². The highest BCUT2D eigenvalue weighted by molar-refractivity contribution is 7.80. The lowest BCUT2D eigenvalue weighted by Gasteiger charge is -2.25. The molecule has 31 heavy (non-hydrogen) atoms. The summed E-state index contributed by atoms with van der Waals surface area (Å²) in [5.74, 6) is -4.60. The molecule has 0 saturated carbocycles. The molecular weight excluding hydrogens is 428 g/mol. The van der Waals surface area contributed by atoms with Gasteiger partial charge in [0.2, 0.25) is 23.6 Å². The smallest absolute Gasteiger partial charge is 0.326 e. The van der Waals surface area contributed by atoms with Gasteiger partial charge in [0, 0.05) is 5.75 Å². The van der Waals surface area contributed by atoms with E-state index in [1.54, 1.807) is 13.8 Å². The van der Waals surface area contributed by atoms with Crippen LogP contribution in [0.15, 0.2) is 0 Å². The number of carboxylic acid groups (broad SMARTS) is 1. The van der Waals surface area contributed by atoms with Gasteiger partial charge in [0.05, 0.1) is 12.5 Å². The fraction of sp³-hybridized carbons (Fsp3) is 0.722. The van der Waals surface area contributed by atoms with E-state index in [0.29, 0.717) is 19.4 Å². The molecule has 0 rings (SSSR count). The van der Waals surface area contributed by atoms with Gasteiger partial charge in [0.15, 0.2) is 0 Å². The number of nitrogens with two attached hydrogens (primary N) is 3. The number of rotatable bonds is 15. The number of amides is 4. The number of carbonyl (C=O) groups is 5. The molecule has 0 bridgehead atoms. The Bertz CT molecular complexity index is 647. The van der Waals surface area contributed by atoms with Crippen LogP contribution in [-0.2, 0) is 24.0 Å². The molecule has 0 heterocycles. The van der Waals surface area contributed by atoms with E-state index in [1.807, 2.05) is 0 Å². The van der Waals surface area contributed by atoms with Crippen LogP contribution in [0.2, 0.25) is 0 Å². The number of unbranched alkanes of at least 4 members (excludes halogenated alkanes) is 1. The third-order valence-electron chi connectivity index (χ3n) is 4.38. The molecule has 0 radical (unpaired) electrons. The van der Waals surface area contributed by atoms with E-state index >= 15 is 0 Å². The van der Waals surface area contributed by atoms with Crippen molar-refractivity contribution in [1.29, 1.82) is 0 Å². The predicted octanol–water partition coefficient (Wildman–Crippen LogP) is -2.56. The van der Waals surface area contributed by atoms with Gasteiger partial charge in [-0.3, -0.25) is 19.2 Å². The first-order chi connectivity index (χ1) is 14.4. The van der Waals surface area contributed by atoms with Crippen LogP contribution in [0.1, 0.15) is 39.5 Å². The Kier molecular flexibility index (Phi) is 13.5. The van der Waals surface area contributed by atoms with Crippen LogP contribution in [0.5, 0.6) is 0 Å². The van der Waals surface area contributed by atoms with E-state index in [0.717, 1.165) is 0 Å². The summed E-state index contributed by atoms with van der Waals surface area (Å²) in [6.45, 7) is 3.65. The van der Waals surface area contributed by atoms with Crippen LogP contribution in [0, 0.1) is 5.92 Å². The van der Waals surface area contributed by atoms with Crippen molar-refractivity contribution in [3.8, 4) is 0 Å². The van der Waals surface area contributed by atoms with Gasteiger partial charge in [-0.15, -0.1) is 0 Å². The maximum atomic E-state index is 12.7. The van der Waals surface area contributed by atoms with Gasteiger partial charge >= 0.3 is 5.97 Å². The predicted molar refractivity (Wildman–Crippen MR) is 117 cm³/mol. The molecule has 0 aromatic rings. The average Bonchev–Trinajstić information content (AvgIpc) is 2.67. The monoisotopic (exact) mass is 462 g/mol. The molecular formula is C18H34N6O6S. The van der Waals surface area contributed by atoms with Gasteiger partial charge in [0.1, 0.15) is 18.1 Å². The molecule has 12 nitrogen and oxygen atoms in total. The maximum absolute atomic E-state index is 12.7. The Labute approximate surface area is 186 Å². The lowest BCUT2D eigenvalue weighted by molar-refractivity contribution is -0.143. The third kappa shape index (κ3) is 11.0. The molecule has 178 valence electrons.